The molecule has 3 aromatic rings. The van der Waals surface area contributed by atoms with Crippen LogP contribution in [0.2, 0.25) is 0 Å². The van der Waals surface area contributed by atoms with E-state index in [1.807, 2.05) is 48.5 Å². The summed E-state index contributed by atoms with van der Waals surface area (Å²) in [5, 5.41) is 7.29. The highest BCUT2D eigenvalue weighted by Crippen LogP contribution is 2.31. The molecule has 6 nitrogen and oxygen atoms in total. The van der Waals surface area contributed by atoms with E-state index in [9.17, 15) is 4.79 Å². The average Bonchev–Trinajstić information content (AvgIpc) is 3.22. The van der Waals surface area contributed by atoms with Crippen molar-refractivity contribution in [2.24, 2.45) is 0 Å². The maximum Gasteiger partial charge on any atom is 0.257 e. The lowest BCUT2D eigenvalue weighted by Crippen LogP contribution is -2.41. The molecule has 0 aliphatic carbocycles. The molecule has 1 fully saturated rings. The zero-order chi connectivity index (χ0) is 21.6. The van der Waals surface area contributed by atoms with Crippen LogP contribution in [0.4, 0.5) is 0 Å². The first-order valence-corrected chi connectivity index (χ1v) is 10.9. The molecule has 6 heteroatoms. The molecule has 1 amide bonds. The zero-order valence-corrected chi connectivity index (χ0v) is 18.1. The van der Waals surface area contributed by atoms with E-state index in [-0.39, 0.29) is 11.9 Å². The standard InChI is InChI=1S/C25H29N3O3/c1-18-23(24(27-31-18)19-11-5-3-6-12-19)25(29)26-17-21(28-15-9-4-10-16-28)20-13-7-8-14-22(20)30-2/h3,5-8,11-14,21H,4,9-10,15-17H2,1-2H3,(H,26,29). The molecule has 0 spiro atoms. The van der Waals surface area contributed by atoms with Gasteiger partial charge in [-0.15, -0.1) is 0 Å². The Kier molecular flexibility index (Phi) is 6.67. The molecule has 31 heavy (non-hydrogen) atoms. The molecule has 1 aromatic heterocycles. The SMILES string of the molecule is COc1ccccc1C(CNC(=O)c1c(-c2ccccc2)noc1C)N1CCCCC1. The Balaban J connectivity index is 1.58. The lowest BCUT2D eigenvalue weighted by Gasteiger charge is -2.35. The third-order valence-electron chi connectivity index (χ3n) is 5.92. The predicted octanol–water partition coefficient (Wildman–Crippen LogP) is 4.62. The molecule has 0 saturated carbocycles. The summed E-state index contributed by atoms with van der Waals surface area (Å²) >= 11 is 0. The first kappa shape index (κ1) is 21.1. The first-order valence-electron chi connectivity index (χ1n) is 10.9. The lowest BCUT2D eigenvalue weighted by atomic mass is 10.00. The van der Waals surface area contributed by atoms with Gasteiger partial charge in [0.15, 0.2) is 0 Å². The van der Waals surface area contributed by atoms with Gasteiger partial charge in [0.1, 0.15) is 22.8 Å². The summed E-state index contributed by atoms with van der Waals surface area (Å²) in [5.41, 5.74) is 3.02. The van der Waals surface area contributed by atoms with Gasteiger partial charge >= 0.3 is 0 Å². The number of aryl methyl sites for hydroxylation is 1. The van der Waals surface area contributed by atoms with Crippen molar-refractivity contribution >= 4 is 5.91 Å². The van der Waals surface area contributed by atoms with Gasteiger partial charge in [0.25, 0.3) is 5.91 Å². The molecular weight excluding hydrogens is 390 g/mol. The number of carbonyl (C=O) groups excluding carboxylic acids is 1. The maximum absolute atomic E-state index is 13.2. The summed E-state index contributed by atoms with van der Waals surface area (Å²) in [5.74, 6) is 1.19. The van der Waals surface area contributed by atoms with Crippen LogP contribution in [0.25, 0.3) is 11.3 Å². The molecule has 162 valence electrons. The highest BCUT2D eigenvalue weighted by atomic mass is 16.5. The Morgan fingerprint density at radius 1 is 1.10 bits per heavy atom. The number of hydrogen-bond donors (Lipinski definition) is 1. The maximum atomic E-state index is 13.2. The van der Waals surface area contributed by atoms with Gasteiger partial charge in [0.05, 0.1) is 13.2 Å². The molecule has 1 atom stereocenters. The molecular formula is C25H29N3O3. The van der Waals surface area contributed by atoms with Crippen molar-refractivity contribution in [1.29, 1.82) is 0 Å². The second-order valence-electron chi connectivity index (χ2n) is 7.89. The second-order valence-corrected chi connectivity index (χ2v) is 7.89. The summed E-state index contributed by atoms with van der Waals surface area (Å²) in [6.45, 7) is 4.29. The van der Waals surface area contributed by atoms with Crippen molar-refractivity contribution in [2.45, 2.75) is 32.2 Å². The number of carbonyl (C=O) groups is 1. The van der Waals surface area contributed by atoms with Crippen molar-refractivity contribution in [1.82, 2.24) is 15.4 Å². The summed E-state index contributed by atoms with van der Waals surface area (Å²) in [6.07, 6.45) is 3.59. The molecule has 1 saturated heterocycles. The number of methoxy groups -OCH3 is 1. The number of ether oxygens (including phenoxy) is 1. The van der Waals surface area contributed by atoms with Gasteiger partial charge in [-0.25, -0.2) is 0 Å². The largest absolute Gasteiger partial charge is 0.496 e. The van der Waals surface area contributed by atoms with Gasteiger partial charge in [-0.1, -0.05) is 60.1 Å². The van der Waals surface area contributed by atoms with Gasteiger partial charge in [-0.2, -0.15) is 0 Å². The highest BCUT2D eigenvalue weighted by Gasteiger charge is 2.27. The Labute approximate surface area is 183 Å². The van der Waals surface area contributed by atoms with Gasteiger partial charge < -0.3 is 14.6 Å². The number of aromatic nitrogens is 1. The number of amides is 1. The predicted molar refractivity (Wildman–Crippen MR) is 120 cm³/mol. The van der Waals surface area contributed by atoms with Gasteiger partial charge in [-0.3, -0.25) is 9.69 Å². The monoisotopic (exact) mass is 419 g/mol. The fraction of sp³-hybridized carbons (Fsp3) is 0.360. The number of piperidine rings is 1. The van der Waals surface area contributed by atoms with Crippen molar-refractivity contribution < 1.29 is 14.1 Å². The van der Waals surface area contributed by atoms with Gasteiger partial charge in [-0.05, 0) is 38.9 Å². The van der Waals surface area contributed by atoms with E-state index in [0.717, 1.165) is 30.0 Å². The minimum absolute atomic E-state index is 0.0424. The van der Waals surface area contributed by atoms with Crippen LogP contribution in [0.5, 0.6) is 5.75 Å². The Morgan fingerprint density at radius 2 is 1.81 bits per heavy atom. The van der Waals surface area contributed by atoms with Crippen LogP contribution in [-0.4, -0.2) is 42.7 Å². The van der Waals surface area contributed by atoms with Crippen molar-refractivity contribution in [2.75, 3.05) is 26.7 Å². The minimum Gasteiger partial charge on any atom is -0.496 e. The van der Waals surface area contributed by atoms with Gasteiger partial charge in [0, 0.05) is 17.7 Å². The van der Waals surface area contributed by atoms with Crippen LogP contribution in [0.1, 0.15) is 47.0 Å². The van der Waals surface area contributed by atoms with E-state index in [1.54, 1.807) is 14.0 Å². The number of hydrogen-bond acceptors (Lipinski definition) is 5. The van der Waals surface area contributed by atoms with Crippen LogP contribution in [0.3, 0.4) is 0 Å². The number of para-hydroxylation sites is 1. The van der Waals surface area contributed by atoms with Gasteiger partial charge in [0.2, 0.25) is 0 Å². The molecule has 1 aliphatic heterocycles. The van der Waals surface area contributed by atoms with Crippen molar-refractivity contribution in [3.63, 3.8) is 0 Å². The molecule has 1 N–H and O–H groups in total. The van der Waals surface area contributed by atoms with E-state index in [1.165, 1.54) is 19.3 Å². The van der Waals surface area contributed by atoms with Crippen molar-refractivity contribution in [3.05, 3.63) is 71.5 Å². The number of likely N-dealkylation sites (tertiary alicyclic amines) is 1. The van der Waals surface area contributed by atoms with Crippen LogP contribution >= 0.6 is 0 Å². The molecule has 1 aliphatic rings. The third kappa shape index (κ3) is 4.64. The topological polar surface area (TPSA) is 67.6 Å². The van der Waals surface area contributed by atoms with Crippen molar-refractivity contribution in [3.8, 4) is 17.0 Å². The fourth-order valence-corrected chi connectivity index (χ4v) is 4.32. The number of nitrogens with one attached hydrogen (secondary N) is 1. The quantitative estimate of drug-likeness (QED) is 0.605. The Hall–Kier alpha value is -3.12. The van der Waals surface area contributed by atoms with E-state index in [4.69, 9.17) is 9.26 Å². The van der Waals surface area contributed by atoms with E-state index < -0.39 is 0 Å². The van der Waals surface area contributed by atoms with Crippen LogP contribution in [0.15, 0.2) is 59.1 Å². The Morgan fingerprint density at radius 3 is 2.55 bits per heavy atom. The van der Waals surface area contributed by atoms with Crippen LogP contribution in [0, 0.1) is 6.92 Å². The molecule has 0 bridgehead atoms. The number of nitrogens with zero attached hydrogens (tertiary/aromatic N) is 2. The summed E-state index contributed by atoms with van der Waals surface area (Å²) in [4.78, 5) is 15.7. The molecule has 1 unspecified atom stereocenters. The number of benzene rings is 2. The van der Waals surface area contributed by atoms with E-state index >= 15 is 0 Å². The summed E-state index contributed by atoms with van der Waals surface area (Å²) < 4.78 is 11.0. The average molecular weight is 420 g/mol. The third-order valence-corrected chi connectivity index (χ3v) is 5.92. The van der Waals surface area contributed by atoms with Crippen LogP contribution in [-0.2, 0) is 0 Å². The summed E-state index contributed by atoms with van der Waals surface area (Å²) in [6, 6.07) is 17.8. The normalized spacial score (nSPS) is 15.4. The highest BCUT2D eigenvalue weighted by molar-refractivity contribution is 6.00. The lowest BCUT2D eigenvalue weighted by molar-refractivity contribution is 0.0922. The molecule has 0 radical (unpaired) electrons. The Bertz CT molecular complexity index is 1010. The number of rotatable bonds is 7. The fourth-order valence-electron chi connectivity index (χ4n) is 4.32. The second kappa shape index (κ2) is 9.79. The molecule has 2 aromatic carbocycles. The molecule has 4 rings (SSSR count). The smallest absolute Gasteiger partial charge is 0.257 e. The molecule has 2 heterocycles. The van der Waals surface area contributed by atoms with Crippen LogP contribution < -0.4 is 10.1 Å². The first-order chi connectivity index (χ1) is 15.2. The minimum atomic E-state index is -0.172. The zero-order valence-electron chi connectivity index (χ0n) is 18.1. The van der Waals surface area contributed by atoms with E-state index in [0.29, 0.717) is 23.6 Å². The van der Waals surface area contributed by atoms with E-state index in [2.05, 4.69) is 21.4 Å². The summed E-state index contributed by atoms with van der Waals surface area (Å²) in [7, 11) is 1.69.